The minimum atomic E-state index is -0.0497. The van der Waals surface area contributed by atoms with E-state index in [2.05, 4.69) is 54.3 Å². The summed E-state index contributed by atoms with van der Waals surface area (Å²) in [6, 6.07) is 8.33. The number of amides is 1. The maximum absolute atomic E-state index is 12.4. The molecule has 0 unspecified atom stereocenters. The summed E-state index contributed by atoms with van der Waals surface area (Å²) >= 11 is 0. The van der Waals surface area contributed by atoms with Crippen LogP contribution in [-0.2, 0) is 11.3 Å². The van der Waals surface area contributed by atoms with Crippen LogP contribution in [0, 0.1) is 0 Å². The van der Waals surface area contributed by atoms with E-state index in [0.29, 0.717) is 30.3 Å². The van der Waals surface area contributed by atoms with Crippen molar-refractivity contribution in [1.29, 1.82) is 0 Å². The standard InChI is InChI=1S/C24H30N8O/c1-3-20(33)32-11-10-31(15-24(32)8-9-24)19-14-27-22(25)21(30-19)23-28-13-18(29-23)17-6-4-16(5-7-17)12-26-2/h4-7,13-14,26H,3,8-12,15H2,1-2H3,(H2,25,27)(H,28,29). The summed E-state index contributed by atoms with van der Waals surface area (Å²) < 4.78 is 0. The van der Waals surface area contributed by atoms with Gasteiger partial charge in [0.2, 0.25) is 5.91 Å². The molecule has 1 aliphatic carbocycles. The zero-order chi connectivity index (χ0) is 23.0. The molecule has 1 spiro atoms. The van der Waals surface area contributed by atoms with Crippen LogP contribution in [0.15, 0.2) is 36.7 Å². The molecule has 1 saturated carbocycles. The van der Waals surface area contributed by atoms with E-state index in [1.165, 1.54) is 5.56 Å². The Labute approximate surface area is 193 Å². The first-order valence-corrected chi connectivity index (χ1v) is 11.5. The molecule has 0 atom stereocenters. The Morgan fingerprint density at radius 3 is 2.67 bits per heavy atom. The number of nitrogens with zero attached hydrogens (tertiary/aromatic N) is 5. The van der Waals surface area contributed by atoms with Gasteiger partial charge in [0.1, 0.15) is 5.82 Å². The fourth-order valence-electron chi connectivity index (χ4n) is 4.64. The molecule has 2 aliphatic rings. The molecule has 9 heteroatoms. The van der Waals surface area contributed by atoms with Crippen LogP contribution >= 0.6 is 0 Å². The number of anilines is 2. The van der Waals surface area contributed by atoms with Gasteiger partial charge in [-0.25, -0.2) is 15.0 Å². The van der Waals surface area contributed by atoms with Crippen molar-refractivity contribution in [3.05, 3.63) is 42.2 Å². The molecular formula is C24H30N8O. The number of hydrogen-bond acceptors (Lipinski definition) is 7. The van der Waals surface area contributed by atoms with Gasteiger partial charge >= 0.3 is 0 Å². The molecule has 3 heterocycles. The van der Waals surface area contributed by atoms with Crippen LogP contribution in [-0.4, -0.2) is 63.0 Å². The van der Waals surface area contributed by atoms with Gasteiger partial charge < -0.3 is 25.8 Å². The van der Waals surface area contributed by atoms with Crippen molar-refractivity contribution in [3.8, 4) is 22.8 Å². The lowest BCUT2D eigenvalue weighted by atomic mass is 10.1. The van der Waals surface area contributed by atoms with E-state index in [1.807, 2.05) is 14.0 Å². The molecule has 1 amide bonds. The predicted octanol–water partition coefficient (Wildman–Crippen LogP) is 2.43. The van der Waals surface area contributed by atoms with Crippen molar-refractivity contribution in [2.24, 2.45) is 0 Å². The number of nitrogens with one attached hydrogen (secondary N) is 2. The second-order valence-electron chi connectivity index (χ2n) is 8.88. The molecule has 4 N–H and O–H groups in total. The largest absolute Gasteiger partial charge is 0.382 e. The third kappa shape index (κ3) is 4.04. The van der Waals surface area contributed by atoms with Crippen LogP contribution in [0.2, 0.25) is 0 Å². The first-order chi connectivity index (χ1) is 16.0. The molecule has 172 valence electrons. The van der Waals surface area contributed by atoms with E-state index in [9.17, 15) is 4.79 Å². The average molecular weight is 447 g/mol. The minimum Gasteiger partial charge on any atom is -0.382 e. The van der Waals surface area contributed by atoms with Gasteiger partial charge in [0, 0.05) is 32.6 Å². The number of carbonyl (C=O) groups is 1. The Bertz CT molecular complexity index is 1150. The van der Waals surface area contributed by atoms with Gasteiger partial charge in [0.15, 0.2) is 17.3 Å². The predicted molar refractivity (Wildman–Crippen MR) is 128 cm³/mol. The lowest BCUT2D eigenvalue weighted by Gasteiger charge is -2.42. The van der Waals surface area contributed by atoms with Gasteiger partial charge in [-0.1, -0.05) is 31.2 Å². The van der Waals surface area contributed by atoms with Gasteiger partial charge in [-0.3, -0.25) is 4.79 Å². The fourth-order valence-corrected chi connectivity index (χ4v) is 4.64. The Morgan fingerprint density at radius 1 is 1.18 bits per heavy atom. The van der Waals surface area contributed by atoms with Gasteiger partial charge in [0.25, 0.3) is 0 Å². The van der Waals surface area contributed by atoms with Crippen molar-refractivity contribution >= 4 is 17.5 Å². The Balaban J connectivity index is 1.37. The van der Waals surface area contributed by atoms with Crippen LogP contribution in [0.4, 0.5) is 11.6 Å². The number of aromatic amines is 1. The number of piperazine rings is 1. The third-order valence-electron chi connectivity index (χ3n) is 6.64. The zero-order valence-electron chi connectivity index (χ0n) is 19.1. The molecule has 9 nitrogen and oxygen atoms in total. The molecule has 5 rings (SSSR count). The first-order valence-electron chi connectivity index (χ1n) is 11.5. The van der Waals surface area contributed by atoms with E-state index in [4.69, 9.17) is 10.7 Å². The maximum atomic E-state index is 12.4. The summed E-state index contributed by atoms with van der Waals surface area (Å²) in [6.45, 7) is 4.97. The maximum Gasteiger partial charge on any atom is 0.222 e. The van der Waals surface area contributed by atoms with E-state index in [-0.39, 0.29) is 11.4 Å². The fraction of sp³-hybridized carbons (Fsp3) is 0.417. The van der Waals surface area contributed by atoms with Gasteiger partial charge in [0.05, 0.1) is 23.6 Å². The van der Waals surface area contributed by atoms with Crippen LogP contribution in [0.25, 0.3) is 22.8 Å². The van der Waals surface area contributed by atoms with Gasteiger partial charge in [-0.15, -0.1) is 0 Å². The van der Waals surface area contributed by atoms with E-state index in [1.54, 1.807) is 12.4 Å². The number of benzene rings is 1. The highest BCUT2D eigenvalue weighted by Crippen LogP contribution is 2.45. The molecule has 0 bridgehead atoms. The number of nitrogens with two attached hydrogens (primary N) is 1. The van der Waals surface area contributed by atoms with Crippen molar-refractivity contribution in [2.45, 2.75) is 38.3 Å². The Kier molecular flexibility index (Phi) is 5.49. The van der Waals surface area contributed by atoms with Crippen LogP contribution in [0.1, 0.15) is 31.7 Å². The quantitative estimate of drug-likeness (QED) is 0.532. The average Bonchev–Trinajstić information content (AvgIpc) is 3.41. The van der Waals surface area contributed by atoms with E-state index < -0.39 is 0 Å². The molecule has 2 aromatic heterocycles. The minimum absolute atomic E-state index is 0.0497. The Hall–Kier alpha value is -3.46. The third-order valence-corrected chi connectivity index (χ3v) is 6.64. The summed E-state index contributed by atoms with van der Waals surface area (Å²) in [7, 11) is 1.93. The molecule has 1 saturated heterocycles. The van der Waals surface area contributed by atoms with Gasteiger partial charge in [-0.2, -0.15) is 0 Å². The molecule has 0 radical (unpaired) electrons. The second-order valence-corrected chi connectivity index (χ2v) is 8.88. The number of aromatic nitrogens is 4. The summed E-state index contributed by atoms with van der Waals surface area (Å²) in [5, 5.41) is 3.15. The van der Waals surface area contributed by atoms with Crippen molar-refractivity contribution < 1.29 is 4.79 Å². The van der Waals surface area contributed by atoms with Crippen molar-refractivity contribution in [3.63, 3.8) is 0 Å². The van der Waals surface area contributed by atoms with Gasteiger partial charge in [-0.05, 0) is 31.0 Å². The molecule has 3 aromatic rings. The Morgan fingerprint density at radius 2 is 1.97 bits per heavy atom. The van der Waals surface area contributed by atoms with E-state index in [0.717, 1.165) is 49.6 Å². The number of rotatable bonds is 6. The number of imidazole rings is 1. The monoisotopic (exact) mass is 446 g/mol. The zero-order valence-corrected chi connectivity index (χ0v) is 19.1. The molecule has 1 aliphatic heterocycles. The highest BCUT2D eigenvalue weighted by Gasteiger charge is 2.53. The first kappa shape index (κ1) is 21.4. The molecule has 2 fully saturated rings. The normalized spacial score (nSPS) is 16.9. The van der Waals surface area contributed by atoms with Crippen molar-refractivity contribution in [2.75, 3.05) is 37.3 Å². The lowest BCUT2D eigenvalue weighted by Crippen LogP contribution is -2.57. The summed E-state index contributed by atoms with van der Waals surface area (Å²) in [4.78, 5) is 33.8. The van der Waals surface area contributed by atoms with E-state index >= 15 is 0 Å². The lowest BCUT2D eigenvalue weighted by molar-refractivity contribution is -0.134. The number of hydrogen-bond donors (Lipinski definition) is 3. The number of nitrogen functional groups attached to an aromatic ring is 1. The topological polar surface area (TPSA) is 116 Å². The van der Waals surface area contributed by atoms with Crippen LogP contribution < -0.4 is 16.0 Å². The number of carbonyl (C=O) groups excluding carboxylic acids is 1. The SMILES string of the molecule is CCC(=O)N1CCN(c2cnc(N)c(-c3ncc(-c4ccc(CNC)cc4)[nH]3)n2)CC12CC2. The van der Waals surface area contributed by atoms with Crippen LogP contribution in [0.3, 0.4) is 0 Å². The summed E-state index contributed by atoms with van der Waals surface area (Å²) in [5.74, 6) is 1.93. The highest BCUT2D eigenvalue weighted by molar-refractivity contribution is 5.78. The van der Waals surface area contributed by atoms with Crippen molar-refractivity contribution in [1.82, 2.24) is 30.2 Å². The molecule has 33 heavy (non-hydrogen) atoms. The summed E-state index contributed by atoms with van der Waals surface area (Å²) in [6.07, 6.45) is 6.14. The smallest absolute Gasteiger partial charge is 0.222 e. The van der Waals surface area contributed by atoms with Crippen LogP contribution in [0.5, 0.6) is 0 Å². The highest BCUT2D eigenvalue weighted by atomic mass is 16.2. The molecular weight excluding hydrogens is 416 g/mol. The summed E-state index contributed by atoms with van der Waals surface area (Å²) in [5.41, 5.74) is 9.84. The molecule has 1 aromatic carbocycles. The second kappa shape index (κ2) is 8.47. The number of H-pyrrole nitrogens is 1.